The maximum Gasteiger partial charge on any atom is 0.224 e. The number of benzene rings is 2. The first-order valence-electron chi connectivity index (χ1n) is 12.7. The van der Waals surface area contributed by atoms with Crippen LogP contribution in [0, 0.1) is 19.8 Å². The minimum atomic E-state index is -0.0123. The van der Waals surface area contributed by atoms with E-state index in [0.717, 1.165) is 69.1 Å². The molecule has 0 radical (unpaired) electrons. The van der Waals surface area contributed by atoms with Crippen molar-refractivity contribution >= 4 is 40.2 Å². The lowest BCUT2D eigenvalue weighted by atomic mass is 9.97. The average molecular weight is 495 g/mol. The first kappa shape index (κ1) is 23.9. The topological polar surface area (TPSA) is 67.5 Å². The monoisotopic (exact) mass is 494 g/mol. The number of halogens is 1. The number of aromatic nitrogens is 2. The summed E-state index contributed by atoms with van der Waals surface area (Å²) in [5, 5.41) is 3.89. The van der Waals surface area contributed by atoms with E-state index in [9.17, 15) is 4.79 Å². The molecule has 2 aliphatic rings. The van der Waals surface area contributed by atoms with Gasteiger partial charge >= 0.3 is 0 Å². The molecule has 5 rings (SSSR count). The second-order valence-corrected chi connectivity index (χ2v) is 10.3. The van der Waals surface area contributed by atoms with Gasteiger partial charge in [0.1, 0.15) is 0 Å². The first-order valence-corrected chi connectivity index (χ1v) is 13.1. The van der Waals surface area contributed by atoms with Gasteiger partial charge in [-0.2, -0.15) is 0 Å². The molecular weight excluding hydrogens is 460 g/mol. The highest BCUT2D eigenvalue weighted by molar-refractivity contribution is 6.31. The third-order valence-electron chi connectivity index (χ3n) is 7.54. The summed E-state index contributed by atoms with van der Waals surface area (Å²) >= 11 is 6.11. The van der Waals surface area contributed by atoms with Gasteiger partial charge in [-0.05, 0) is 62.1 Å². The molecule has 0 unspecified atom stereocenters. The van der Waals surface area contributed by atoms with Crippen LogP contribution in [0.1, 0.15) is 24.0 Å². The summed E-state index contributed by atoms with van der Waals surface area (Å²) < 4.78 is 0. The van der Waals surface area contributed by atoms with E-state index in [4.69, 9.17) is 16.6 Å². The summed E-state index contributed by atoms with van der Waals surface area (Å²) in [5.74, 6) is 0.964. The predicted molar refractivity (Wildman–Crippen MR) is 144 cm³/mol. The number of carbonyl (C=O) groups is 1. The molecule has 2 aromatic carbocycles. The Morgan fingerprint density at radius 1 is 1.11 bits per heavy atom. The Labute approximate surface area is 212 Å². The molecule has 0 spiro atoms. The van der Waals surface area contributed by atoms with Gasteiger partial charge < -0.3 is 20.1 Å². The van der Waals surface area contributed by atoms with Crippen LogP contribution in [0.2, 0.25) is 5.02 Å². The van der Waals surface area contributed by atoms with Crippen molar-refractivity contribution in [3.63, 3.8) is 0 Å². The largest absolute Gasteiger partial charge is 0.369 e. The molecule has 7 nitrogen and oxygen atoms in total. The number of fused-ring (bicyclic) bond motifs is 1. The number of rotatable bonds is 6. The molecule has 0 saturated carbocycles. The zero-order valence-electron chi connectivity index (χ0n) is 20.7. The number of nitrogens with one attached hydrogen (secondary N) is 2. The van der Waals surface area contributed by atoms with Crippen molar-refractivity contribution in [3.05, 3.63) is 52.5 Å². The van der Waals surface area contributed by atoms with Crippen molar-refractivity contribution < 1.29 is 4.79 Å². The molecule has 186 valence electrons. The molecule has 35 heavy (non-hydrogen) atoms. The second-order valence-electron chi connectivity index (χ2n) is 9.85. The van der Waals surface area contributed by atoms with Crippen LogP contribution in [-0.4, -0.2) is 73.1 Å². The number of amides is 1. The van der Waals surface area contributed by atoms with Crippen molar-refractivity contribution in [1.82, 2.24) is 20.2 Å². The quantitative estimate of drug-likeness (QED) is 0.542. The number of carbonyl (C=O) groups excluding carboxylic acids is 1. The van der Waals surface area contributed by atoms with Gasteiger partial charge in [0.05, 0.1) is 17.0 Å². The lowest BCUT2D eigenvalue weighted by Crippen LogP contribution is -2.49. The van der Waals surface area contributed by atoms with Crippen LogP contribution >= 0.6 is 11.6 Å². The van der Waals surface area contributed by atoms with Crippen LogP contribution < -0.4 is 15.1 Å². The van der Waals surface area contributed by atoms with Gasteiger partial charge in [0.15, 0.2) is 0 Å². The van der Waals surface area contributed by atoms with Crippen LogP contribution in [0.25, 0.3) is 11.0 Å². The van der Waals surface area contributed by atoms with Gasteiger partial charge in [-0.1, -0.05) is 23.7 Å². The van der Waals surface area contributed by atoms with Gasteiger partial charge in [0.25, 0.3) is 0 Å². The van der Waals surface area contributed by atoms with E-state index in [0.29, 0.717) is 18.1 Å². The fourth-order valence-corrected chi connectivity index (χ4v) is 5.45. The minimum absolute atomic E-state index is 0.0123. The molecule has 2 saturated heterocycles. The number of anilines is 2. The van der Waals surface area contributed by atoms with Gasteiger partial charge in [0.2, 0.25) is 11.9 Å². The Balaban J connectivity index is 1.08. The summed E-state index contributed by atoms with van der Waals surface area (Å²) in [5.41, 5.74) is 5.90. The fourth-order valence-electron chi connectivity index (χ4n) is 5.27. The number of aryl methyl sites for hydroxylation is 1. The lowest BCUT2D eigenvalue weighted by Gasteiger charge is -2.37. The number of nitrogens with zero attached hydrogens (tertiary/aromatic N) is 4. The number of hydrogen-bond acceptors (Lipinski definition) is 5. The summed E-state index contributed by atoms with van der Waals surface area (Å²) in [6, 6.07) is 12.2. The maximum absolute atomic E-state index is 12.9. The zero-order chi connectivity index (χ0) is 24.4. The van der Waals surface area contributed by atoms with Crippen LogP contribution in [0.4, 0.5) is 11.6 Å². The summed E-state index contributed by atoms with van der Waals surface area (Å²) in [7, 11) is 0. The van der Waals surface area contributed by atoms with Crippen LogP contribution in [0.5, 0.6) is 0 Å². The third-order valence-corrected chi connectivity index (χ3v) is 7.77. The zero-order valence-corrected chi connectivity index (χ0v) is 21.4. The molecule has 1 aromatic heterocycles. The molecule has 0 bridgehead atoms. The number of imidazole rings is 1. The first-order chi connectivity index (χ1) is 17.0. The summed E-state index contributed by atoms with van der Waals surface area (Å²) in [6.07, 6.45) is 1.90. The molecule has 0 aliphatic carbocycles. The second kappa shape index (κ2) is 10.5. The number of aromatic amines is 1. The number of H-pyrrole nitrogens is 1. The Kier molecular flexibility index (Phi) is 7.16. The Hall–Kier alpha value is -2.77. The summed E-state index contributed by atoms with van der Waals surface area (Å²) in [4.78, 5) is 28.1. The molecule has 3 aromatic rings. The Morgan fingerprint density at radius 2 is 1.94 bits per heavy atom. The van der Waals surface area contributed by atoms with E-state index in [2.05, 4.69) is 57.0 Å². The van der Waals surface area contributed by atoms with Crippen molar-refractivity contribution in [2.45, 2.75) is 26.7 Å². The van der Waals surface area contributed by atoms with Crippen molar-refractivity contribution in [2.24, 2.45) is 5.92 Å². The van der Waals surface area contributed by atoms with Crippen LogP contribution in [0.15, 0.2) is 36.4 Å². The van der Waals surface area contributed by atoms with Gasteiger partial charge in [-0.3, -0.25) is 9.69 Å². The Bertz CT molecular complexity index is 1190. The van der Waals surface area contributed by atoms with E-state index in [-0.39, 0.29) is 11.8 Å². The van der Waals surface area contributed by atoms with Gasteiger partial charge in [-0.25, -0.2) is 4.98 Å². The van der Waals surface area contributed by atoms with Gasteiger partial charge in [0, 0.05) is 63.1 Å². The van der Waals surface area contributed by atoms with Crippen molar-refractivity contribution in [3.8, 4) is 0 Å². The van der Waals surface area contributed by atoms with Crippen molar-refractivity contribution in [2.75, 3.05) is 62.2 Å². The molecule has 1 atom stereocenters. The lowest BCUT2D eigenvalue weighted by molar-refractivity contribution is -0.125. The number of hydrogen-bond donors (Lipinski definition) is 2. The molecule has 3 heterocycles. The normalized spacial score (nSPS) is 19.3. The molecule has 2 fully saturated rings. The van der Waals surface area contributed by atoms with E-state index < -0.39 is 0 Å². The Morgan fingerprint density at radius 3 is 2.77 bits per heavy atom. The highest BCUT2D eigenvalue weighted by Gasteiger charge is 2.27. The highest BCUT2D eigenvalue weighted by Crippen LogP contribution is 2.26. The van der Waals surface area contributed by atoms with Crippen molar-refractivity contribution in [1.29, 1.82) is 0 Å². The van der Waals surface area contributed by atoms with E-state index in [1.54, 1.807) is 0 Å². The third kappa shape index (κ3) is 5.41. The van der Waals surface area contributed by atoms with E-state index in [1.807, 2.05) is 18.2 Å². The molecule has 1 amide bonds. The molecule has 8 heteroatoms. The SMILES string of the molecule is Cc1cccc(N2CCN(CCNC(=O)[C@H]3CCCN(c4nc5ccc(Cl)cc5[nH]4)C3)CC2)c1C. The minimum Gasteiger partial charge on any atom is -0.369 e. The molecule has 2 aliphatic heterocycles. The summed E-state index contributed by atoms with van der Waals surface area (Å²) in [6.45, 7) is 11.7. The maximum atomic E-state index is 12.9. The standard InChI is InChI=1S/C27H35ClN6O/c1-19-5-3-7-25(20(19)2)33-15-13-32(14-16-33)12-10-29-26(35)21-6-4-11-34(18-21)27-30-23-9-8-22(28)17-24(23)31-27/h3,5,7-9,17,21H,4,6,10-16,18H2,1-2H3,(H,29,35)(H,30,31)/t21-/m0/s1. The van der Waals surface area contributed by atoms with Crippen LogP contribution in [-0.2, 0) is 4.79 Å². The molecular formula is C27H35ClN6O. The number of piperazine rings is 1. The smallest absolute Gasteiger partial charge is 0.224 e. The number of piperidine rings is 1. The molecule has 2 N–H and O–H groups in total. The fraction of sp³-hybridized carbons (Fsp3) is 0.481. The van der Waals surface area contributed by atoms with Crippen LogP contribution in [0.3, 0.4) is 0 Å². The van der Waals surface area contributed by atoms with Gasteiger partial charge in [-0.15, -0.1) is 0 Å². The van der Waals surface area contributed by atoms with E-state index in [1.165, 1.54) is 16.8 Å². The van der Waals surface area contributed by atoms with E-state index >= 15 is 0 Å². The highest BCUT2D eigenvalue weighted by atomic mass is 35.5. The average Bonchev–Trinajstić information content (AvgIpc) is 3.30. The predicted octanol–water partition coefficient (Wildman–Crippen LogP) is 3.99.